The van der Waals surface area contributed by atoms with Gasteiger partial charge in [0.2, 0.25) is 12.4 Å². The van der Waals surface area contributed by atoms with Gasteiger partial charge in [-0.25, -0.2) is 18.6 Å². The minimum atomic E-state index is -1.31. The van der Waals surface area contributed by atoms with Crippen molar-refractivity contribution in [2.24, 2.45) is 0 Å². The lowest BCUT2D eigenvalue weighted by Gasteiger charge is -2.18. The number of carbonyl (C=O) groups is 3. The van der Waals surface area contributed by atoms with Gasteiger partial charge in [0.25, 0.3) is 11.9 Å². The van der Waals surface area contributed by atoms with Crippen molar-refractivity contribution < 1.29 is 37.0 Å². The number of carbonyl (C=O) groups excluding carboxylic acids is 3. The zero-order chi connectivity index (χ0) is 26.2. The number of amides is 2. The minimum absolute atomic E-state index is 0.000241. The van der Waals surface area contributed by atoms with Crippen LogP contribution in [0.4, 0.5) is 29.5 Å². The van der Waals surface area contributed by atoms with Crippen molar-refractivity contribution in [3.05, 3.63) is 65.4 Å². The number of esters is 1. The molecule has 0 unspecified atom stereocenters. The number of hydrogen-bond donors (Lipinski definition) is 2. The average Bonchev–Trinajstić information content (AvgIpc) is 3.23. The predicted octanol–water partition coefficient (Wildman–Crippen LogP) is 1.84. The Balaban J connectivity index is 1.62. The van der Waals surface area contributed by atoms with Gasteiger partial charge < -0.3 is 20.1 Å². The molecule has 36 heavy (non-hydrogen) atoms. The van der Waals surface area contributed by atoms with E-state index in [0.29, 0.717) is 16.4 Å². The first-order valence-electron chi connectivity index (χ1n) is 10.2. The first kappa shape index (κ1) is 26.1. The van der Waals surface area contributed by atoms with Crippen LogP contribution in [0.2, 0.25) is 0 Å². The van der Waals surface area contributed by atoms with E-state index in [4.69, 9.17) is 9.47 Å². The third-order valence-corrected chi connectivity index (χ3v) is 4.48. The highest BCUT2D eigenvalue weighted by Crippen LogP contribution is 2.18. The summed E-state index contributed by atoms with van der Waals surface area (Å²) in [6.45, 7) is -0.836. The van der Waals surface area contributed by atoms with Crippen molar-refractivity contribution in [2.75, 3.05) is 30.9 Å². The minimum Gasteiger partial charge on any atom is -0.460 e. The van der Waals surface area contributed by atoms with Crippen LogP contribution in [-0.2, 0) is 27.6 Å². The van der Waals surface area contributed by atoms with Gasteiger partial charge in [0.05, 0.1) is 12.2 Å². The van der Waals surface area contributed by atoms with Crippen molar-refractivity contribution in [1.29, 1.82) is 0 Å². The van der Waals surface area contributed by atoms with Crippen LogP contribution >= 0.6 is 0 Å². The molecule has 0 atom stereocenters. The molecule has 12 nitrogen and oxygen atoms in total. The monoisotopic (exact) mass is 507 g/mol. The maximum atomic E-state index is 14.1. The van der Waals surface area contributed by atoms with Gasteiger partial charge in [-0.2, -0.15) is 4.39 Å². The molecule has 1 aromatic carbocycles. The molecule has 0 aliphatic rings. The summed E-state index contributed by atoms with van der Waals surface area (Å²) in [5.41, 5.74) is -0.790. The highest BCUT2D eigenvalue weighted by Gasteiger charge is 2.22. The van der Waals surface area contributed by atoms with E-state index in [9.17, 15) is 27.6 Å². The molecule has 3 rings (SSSR count). The van der Waals surface area contributed by atoms with Gasteiger partial charge in [0.15, 0.2) is 0 Å². The maximum absolute atomic E-state index is 14.1. The van der Waals surface area contributed by atoms with Crippen LogP contribution in [0.5, 0.6) is 0 Å². The second-order valence-corrected chi connectivity index (χ2v) is 7.07. The van der Waals surface area contributed by atoms with E-state index in [1.807, 2.05) is 5.32 Å². The topological polar surface area (TPSA) is 141 Å². The van der Waals surface area contributed by atoms with Gasteiger partial charge in [0, 0.05) is 24.9 Å². The molecule has 2 amide bonds. The summed E-state index contributed by atoms with van der Waals surface area (Å²) in [7, 11) is 2.93. The van der Waals surface area contributed by atoms with Crippen molar-refractivity contribution in [3.8, 4) is 0 Å². The predicted molar refractivity (Wildman–Crippen MR) is 117 cm³/mol. The summed E-state index contributed by atoms with van der Waals surface area (Å²) >= 11 is 0. The van der Waals surface area contributed by atoms with Crippen LogP contribution in [0.1, 0.15) is 16.1 Å². The Kier molecular flexibility index (Phi) is 8.51. The zero-order valence-electron chi connectivity index (χ0n) is 19.0. The highest BCUT2D eigenvalue weighted by atomic mass is 19.1. The summed E-state index contributed by atoms with van der Waals surface area (Å²) in [5, 5.41) is 11.6. The third kappa shape index (κ3) is 6.53. The molecule has 0 aliphatic carbocycles. The van der Waals surface area contributed by atoms with E-state index in [1.54, 1.807) is 19.2 Å². The fraction of sp³-hybridized carbons (Fsp3) is 0.238. The molecular weight excluding hydrogens is 487 g/mol. The van der Waals surface area contributed by atoms with Crippen LogP contribution in [-0.4, -0.2) is 58.6 Å². The second kappa shape index (κ2) is 11.7. The Morgan fingerprint density at radius 3 is 2.61 bits per heavy atom. The second-order valence-electron chi connectivity index (χ2n) is 7.07. The third-order valence-electron chi connectivity index (χ3n) is 4.48. The number of ether oxygens (including phenoxy) is 2. The molecule has 2 heterocycles. The van der Waals surface area contributed by atoms with Crippen LogP contribution in [0.15, 0.2) is 36.5 Å². The van der Waals surface area contributed by atoms with E-state index in [2.05, 4.69) is 20.5 Å². The molecule has 3 aromatic rings. The molecule has 0 fully saturated rings. The molecule has 0 bridgehead atoms. The Hall–Kier alpha value is -4.53. The molecule has 0 radical (unpaired) electrons. The number of likely N-dealkylation sites (N-methyl/N-ethyl adjacent to an activating group) is 1. The number of benzene rings is 1. The van der Waals surface area contributed by atoms with E-state index in [0.717, 1.165) is 17.0 Å². The lowest BCUT2D eigenvalue weighted by Crippen LogP contribution is -2.30. The summed E-state index contributed by atoms with van der Waals surface area (Å²) in [6.07, 6.45) is 0.478. The van der Waals surface area contributed by atoms with Crippen molar-refractivity contribution in [1.82, 2.24) is 25.3 Å². The van der Waals surface area contributed by atoms with Gasteiger partial charge in [-0.05, 0) is 25.2 Å². The van der Waals surface area contributed by atoms with Gasteiger partial charge in [-0.15, -0.1) is 15.0 Å². The van der Waals surface area contributed by atoms with E-state index in [1.165, 1.54) is 13.2 Å². The number of hydrogen-bond acceptors (Lipinski definition) is 9. The summed E-state index contributed by atoms with van der Waals surface area (Å²) < 4.78 is 51.0. The highest BCUT2D eigenvalue weighted by molar-refractivity contribution is 6.02. The molecule has 15 heteroatoms. The number of halogens is 3. The fourth-order valence-corrected chi connectivity index (χ4v) is 2.79. The summed E-state index contributed by atoms with van der Waals surface area (Å²) in [6, 6.07) is 5.58. The number of rotatable bonds is 9. The summed E-state index contributed by atoms with van der Waals surface area (Å²) in [5.74, 6) is -4.76. The summed E-state index contributed by atoms with van der Waals surface area (Å²) in [4.78, 5) is 42.0. The van der Waals surface area contributed by atoms with Crippen LogP contribution < -0.4 is 15.5 Å². The molecule has 190 valence electrons. The number of pyridine rings is 1. The lowest BCUT2D eigenvalue weighted by molar-refractivity contribution is -0.143. The molecule has 2 aromatic heterocycles. The van der Waals surface area contributed by atoms with Crippen molar-refractivity contribution >= 4 is 29.5 Å². The molecule has 0 saturated carbocycles. The standard InChI is InChI=1S/C21H20F3N7O5/c1-25-9-16(32)35-10-12-4-3-7-26-19(12)30(2)21(34)36-11-31-28-17(18(24)29-31)20(33)27-15-6-5-13(22)8-14(15)23/h3-8,25H,9-11H2,1-2H3,(H,27,33). The molecule has 2 N–H and O–H groups in total. The van der Waals surface area contributed by atoms with Gasteiger partial charge >= 0.3 is 12.1 Å². The molecule has 0 aliphatic heterocycles. The first-order valence-corrected chi connectivity index (χ1v) is 10.2. The number of anilines is 2. The van der Waals surface area contributed by atoms with Gasteiger partial charge in [0.1, 0.15) is 24.1 Å². The SMILES string of the molecule is CNCC(=O)OCc1cccnc1N(C)C(=O)OCn1nc(F)c(C(=O)Nc2ccc(F)cc2F)n1. The quantitative estimate of drug-likeness (QED) is 0.415. The number of nitrogens with zero attached hydrogens (tertiary/aromatic N) is 5. The molecule has 0 saturated heterocycles. The lowest BCUT2D eigenvalue weighted by atomic mass is 10.2. The normalized spacial score (nSPS) is 10.6. The maximum Gasteiger partial charge on any atom is 0.417 e. The largest absolute Gasteiger partial charge is 0.460 e. The number of aromatic nitrogens is 4. The van der Waals surface area contributed by atoms with E-state index >= 15 is 0 Å². The van der Waals surface area contributed by atoms with Crippen LogP contribution in [0, 0.1) is 17.6 Å². The van der Waals surface area contributed by atoms with E-state index in [-0.39, 0.29) is 19.0 Å². The fourth-order valence-electron chi connectivity index (χ4n) is 2.79. The van der Waals surface area contributed by atoms with Gasteiger partial charge in [-0.3, -0.25) is 14.5 Å². The number of nitrogens with one attached hydrogen (secondary N) is 2. The van der Waals surface area contributed by atoms with Gasteiger partial charge in [-0.1, -0.05) is 6.07 Å². The Morgan fingerprint density at radius 2 is 1.89 bits per heavy atom. The Morgan fingerprint density at radius 1 is 1.11 bits per heavy atom. The van der Waals surface area contributed by atoms with Crippen molar-refractivity contribution in [3.63, 3.8) is 0 Å². The van der Waals surface area contributed by atoms with Crippen molar-refractivity contribution in [2.45, 2.75) is 13.3 Å². The Bertz CT molecular complexity index is 1270. The smallest absolute Gasteiger partial charge is 0.417 e. The molecular formula is C21H20F3N7O5. The first-order chi connectivity index (χ1) is 17.2. The van der Waals surface area contributed by atoms with E-state index < -0.39 is 53.7 Å². The zero-order valence-corrected chi connectivity index (χ0v) is 19.0. The van der Waals surface area contributed by atoms with Crippen LogP contribution in [0.25, 0.3) is 0 Å². The average molecular weight is 507 g/mol. The van der Waals surface area contributed by atoms with Crippen LogP contribution in [0.3, 0.4) is 0 Å². The Labute approximate surface area is 202 Å². The molecule has 0 spiro atoms.